The van der Waals surface area contributed by atoms with Crippen LogP contribution in [0.1, 0.15) is 62.3 Å². The Morgan fingerprint density at radius 1 is 0.814 bits per heavy atom. The van der Waals surface area contributed by atoms with Gasteiger partial charge >= 0.3 is 11.9 Å². The van der Waals surface area contributed by atoms with Crippen molar-refractivity contribution >= 4 is 46.6 Å². The minimum atomic E-state index is -2.74. The molecular weight excluding hydrogens is 831 g/mol. The average Bonchev–Trinajstić information content (AvgIpc) is 3.62. The maximum Gasteiger partial charge on any atom is 0.325 e. The Hall–Kier alpha value is -4.56. The highest BCUT2D eigenvalue weighted by molar-refractivity contribution is 9.10. The summed E-state index contributed by atoms with van der Waals surface area (Å²) in [5.74, 6) is 0.135. The summed E-state index contributed by atoms with van der Waals surface area (Å²) >= 11 is 3.74. The molecule has 0 bridgehead atoms. The third-order valence-electron chi connectivity index (χ3n) is 10.9. The second-order valence-electron chi connectivity index (χ2n) is 15.8. The van der Waals surface area contributed by atoms with Crippen molar-refractivity contribution < 1.29 is 42.2 Å². The van der Waals surface area contributed by atoms with Gasteiger partial charge in [-0.05, 0) is 67.1 Å². The Kier molecular flexibility index (Phi) is 14.7. The maximum atomic E-state index is 14.2. The molecule has 1 aliphatic heterocycles. The third-order valence-corrected chi connectivity index (χ3v) is 16.6. The van der Waals surface area contributed by atoms with Gasteiger partial charge in [0.2, 0.25) is 0 Å². The number of nitrogens with zero attached hydrogens (tertiary/aromatic N) is 1. The number of halogens is 1. The Labute approximate surface area is 356 Å². The second kappa shape index (κ2) is 19.7. The van der Waals surface area contributed by atoms with Crippen LogP contribution < -0.4 is 15.1 Å². The van der Waals surface area contributed by atoms with Crippen molar-refractivity contribution in [2.75, 3.05) is 34.5 Å². The largest absolute Gasteiger partial charge is 0.497 e. The van der Waals surface area contributed by atoms with Crippen LogP contribution in [0.15, 0.2) is 130 Å². The number of carbonyl (C=O) groups is 2. The summed E-state index contributed by atoms with van der Waals surface area (Å²) in [6.07, 6.45) is 0.376. The summed E-state index contributed by atoms with van der Waals surface area (Å²) in [7, 11) is 1.39. The number of ether oxygens (including phenoxy) is 4. The lowest BCUT2D eigenvalue weighted by atomic mass is 9.73. The van der Waals surface area contributed by atoms with Crippen molar-refractivity contribution in [2.24, 2.45) is 5.41 Å². The average molecular weight is 885 g/mol. The van der Waals surface area contributed by atoms with E-state index in [0.29, 0.717) is 47.8 Å². The smallest absolute Gasteiger partial charge is 0.325 e. The number of hydrogen-bond donors (Lipinski definition) is 0. The van der Waals surface area contributed by atoms with Gasteiger partial charge < -0.3 is 27.8 Å². The van der Waals surface area contributed by atoms with Gasteiger partial charge in [0.1, 0.15) is 29.4 Å². The molecule has 10 nitrogen and oxygen atoms in total. The zero-order valence-electron chi connectivity index (χ0n) is 34.7. The zero-order valence-corrected chi connectivity index (χ0v) is 37.2. The maximum absolute atomic E-state index is 14.2. The lowest BCUT2D eigenvalue weighted by molar-refractivity contribution is -0.301. The van der Waals surface area contributed by atoms with Crippen molar-refractivity contribution in [3.05, 3.63) is 148 Å². The van der Waals surface area contributed by atoms with E-state index in [-0.39, 0.29) is 24.6 Å². The molecule has 2 heterocycles. The highest BCUT2D eigenvalue weighted by Gasteiger charge is 2.63. The van der Waals surface area contributed by atoms with Gasteiger partial charge in [-0.25, -0.2) is 0 Å². The van der Waals surface area contributed by atoms with Gasteiger partial charge in [0.05, 0.1) is 39.0 Å². The predicted molar refractivity (Wildman–Crippen MR) is 232 cm³/mol. The van der Waals surface area contributed by atoms with Crippen LogP contribution in [0.5, 0.6) is 5.75 Å². The lowest BCUT2D eigenvalue weighted by Gasteiger charge is -2.47. The van der Waals surface area contributed by atoms with Crippen LogP contribution in [0.25, 0.3) is 0 Å². The van der Waals surface area contributed by atoms with E-state index in [1.54, 1.807) is 12.2 Å². The van der Waals surface area contributed by atoms with Crippen LogP contribution in [-0.4, -0.2) is 66.0 Å². The lowest BCUT2D eigenvalue weighted by Crippen LogP contribution is -2.66. The third kappa shape index (κ3) is 9.59. The van der Waals surface area contributed by atoms with Crippen LogP contribution in [0, 0.1) is 5.41 Å². The van der Waals surface area contributed by atoms with E-state index in [0.717, 1.165) is 11.1 Å². The number of rotatable bonds is 17. The number of aryl methyl sites for hydroxylation is 1. The number of benzene rings is 4. The molecule has 2 atom stereocenters. The Morgan fingerprint density at radius 3 is 1.93 bits per heavy atom. The number of methoxy groups -OCH3 is 3. The van der Waals surface area contributed by atoms with E-state index in [9.17, 15) is 9.59 Å². The van der Waals surface area contributed by atoms with Crippen LogP contribution in [0.3, 0.4) is 0 Å². The van der Waals surface area contributed by atoms with E-state index in [1.165, 1.54) is 24.6 Å². The molecule has 0 N–H and O–H groups in total. The summed E-state index contributed by atoms with van der Waals surface area (Å²) in [6, 6.07) is 39.1. The Bertz CT molecular complexity index is 2050. The predicted octanol–water partition coefficient (Wildman–Crippen LogP) is 8.36. The molecule has 0 amide bonds. The highest BCUT2D eigenvalue weighted by Crippen LogP contribution is 2.52. The van der Waals surface area contributed by atoms with Crippen LogP contribution in [0.2, 0.25) is 5.04 Å². The van der Waals surface area contributed by atoms with Crippen molar-refractivity contribution in [2.45, 2.75) is 70.4 Å². The van der Waals surface area contributed by atoms with E-state index in [4.69, 9.17) is 32.6 Å². The molecule has 0 spiro atoms. The van der Waals surface area contributed by atoms with Gasteiger partial charge in [-0.2, -0.15) is 5.06 Å². The summed E-state index contributed by atoms with van der Waals surface area (Å²) in [5, 5.41) is 3.87. The quantitative estimate of drug-likeness (QED) is 0.0392. The van der Waals surface area contributed by atoms with Crippen molar-refractivity contribution in [1.82, 2.24) is 5.06 Å². The normalized spacial score (nSPS) is 17.0. The fraction of sp³-hybridized carbons (Fsp3) is 0.362. The van der Waals surface area contributed by atoms with Gasteiger partial charge in [0.25, 0.3) is 8.32 Å². The van der Waals surface area contributed by atoms with Crippen LogP contribution in [0.4, 0.5) is 0 Å². The fourth-order valence-corrected chi connectivity index (χ4v) is 13.3. The molecule has 0 saturated carbocycles. The second-order valence-corrected chi connectivity index (χ2v) is 20.9. The first-order valence-corrected chi connectivity index (χ1v) is 22.5. The highest BCUT2D eigenvalue weighted by atomic mass is 79.9. The van der Waals surface area contributed by atoms with Crippen molar-refractivity contribution in [1.29, 1.82) is 0 Å². The van der Waals surface area contributed by atoms with Gasteiger partial charge in [0, 0.05) is 26.0 Å². The molecule has 0 unspecified atom stereocenters. The molecule has 5 aromatic rings. The van der Waals surface area contributed by atoms with Gasteiger partial charge in [-0.15, -0.1) is 0 Å². The molecule has 0 radical (unpaired) electrons. The Morgan fingerprint density at radius 2 is 1.39 bits per heavy atom. The van der Waals surface area contributed by atoms with E-state index in [1.807, 2.05) is 72.8 Å². The van der Waals surface area contributed by atoms with Crippen LogP contribution >= 0.6 is 15.9 Å². The first-order valence-electron chi connectivity index (χ1n) is 19.8. The zero-order chi connectivity index (χ0) is 42.0. The minimum absolute atomic E-state index is 0.0836. The first-order chi connectivity index (χ1) is 28.5. The SMILES string of the molecule is COC(=O)C1(C(=O)OC)C[C@H](COCc2ccccc2)ON(Cc2ccc(OC)cc2)[C@@H]1c1oc(CCCO[Si](c2ccccc2)(c2ccccc2)C(C)(C)C)cc1Br. The van der Waals surface area contributed by atoms with E-state index < -0.39 is 37.8 Å². The summed E-state index contributed by atoms with van der Waals surface area (Å²) in [5.41, 5.74) is -0.0693. The van der Waals surface area contributed by atoms with Crippen molar-refractivity contribution in [3.63, 3.8) is 0 Å². The van der Waals surface area contributed by atoms with Crippen molar-refractivity contribution in [3.8, 4) is 5.75 Å². The molecule has 6 rings (SSSR count). The molecule has 4 aromatic carbocycles. The number of furan rings is 1. The van der Waals surface area contributed by atoms with E-state index >= 15 is 0 Å². The molecule has 1 saturated heterocycles. The first kappa shape index (κ1) is 44.0. The fourth-order valence-electron chi connectivity index (χ4n) is 8.18. The molecule has 0 aliphatic carbocycles. The molecule has 59 heavy (non-hydrogen) atoms. The number of carbonyl (C=O) groups excluding carboxylic acids is 2. The van der Waals surface area contributed by atoms with Gasteiger partial charge in [0.15, 0.2) is 5.41 Å². The summed E-state index contributed by atoms with van der Waals surface area (Å²) in [4.78, 5) is 35.1. The monoisotopic (exact) mass is 883 g/mol. The summed E-state index contributed by atoms with van der Waals surface area (Å²) in [6.45, 7) is 7.84. The number of hydroxylamine groups is 2. The molecule has 12 heteroatoms. The number of esters is 2. The number of hydrogen-bond acceptors (Lipinski definition) is 10. The van der Waals surface area contributed by atoms with Gasteiger partial charge in [-0.3, -0.25) is 14.4 Å². The molecular formula is C47H54BrNO9Si. The molecule has 1 fully saturated rings. The topological polar surface area (TPSA) is 106 Å². The molecule has 1 aromatic heterocycles. The standard InChI is InChI=1S/C47H54BrNO9Si/c1-46(2,3)59(39-20-12-8-13-21-39,40-22-14-9-15-23-40)56-28-16-19-37-29-41(48)42(57-37)43-47(44(50)53-5,45(51)54-6)30-38(33-55-32-35-17-10-7-11-18-35)58-49(43)31-34-24-26-36(52-4)27-25-34/h7-15,17-18,20-27,29,38,43H,16,19,28,30-33H2,1-6H3/t38-,43-/m1/s1. The molecule has 312 valence electrons. The minimum Gasteiger partial charge on any atom is -0.497 e. The van der Waals surface area contributed by atoms with Gasteiger partial charge in [-0.1, -0.05) is 124 Å². The summed E-state index contributed by atoms with van der Waals surface area (Å²) < 4.78 is 36.8. The Balaban J connectivity index is 1.31. The van der Waals surface area contributed by atoms with E-state index in [2.05, 4.69) is 85.2 Å². The molecule has 1 aliphatic rings. The van der Waals surface area contributed by atoms with Crippen LogP contribution in [-0.2, 0) is 52.6 Å².